The van der Waals surface area contributed by atoms with E-state index in [0.717, 1.165) is 44.9 Å². The standard InChI is InChI=1S/C36H29N5O3/c1-22-16-31-37-19-26-17-25(23-8-4-3-5-9-23)18-30(38-32(26)41(31)39-22)24-12-14-27(15-13-24)36(20-35(2,44)21-36)40-33(42)28-10-6-7-11-29(28)34(40)43/h3-17,19,44H,18,20-21H2,1-2H3. The molecule has 2 aliphatic heterocycles. The number of fused-ring (bicyclic) bond motifs is 4. The molecule has 4 heterocycles. The van der Waals surface area contributed by atoms with E-state index in [0.29, 0.717) is 23.4 Å². The van der Waals surface area contributed by atoms with E-state index in [1.807, 2.05) is 61.7 Å². The maximum absolute atomic E-state index is 13.6. The summed E-state index contributed by atoms with van der Waals surface area (Å²) in [6.45, 7) is 3.69. The van der Waals surface area contributed by atoms with Crippen LogP contribution in [0.3, 0.4) is 0 Å². The van der Waals surface area contributed by atoms with Crippen LogP contribution in [0.1, 0.15) is 74.8 Å². The third-order valence-electron chi connectivity index (χ3n) is 9.00. The van der Waals surface area contributed by atoms with Gasteiger partial charge >= 0.3 is 0 Å². The first kappa shape index (κ1) is 26.4. The van der Waals surface area contributed by atoms with E-state index >= 15 is 0 Å². The average molecular weight is 580 g/mol. The minimum atomic E-state index is -0.986. The van der Waals surface area contributed by atoms with E-state index in [1.54, 1.807) is 35.7 Å². The zero-order valence-electron chi connectivity index (χ0n) is 24.4. The Morgan fingerprint density at radius 2 is 1.50 bits per heavy atom. The summed E-state index contributed by atoms with van der Waals surface area (Å²) in [5.41, 5.74) is 6.15. The van der Waals surface area contributed by atoms with Crippen LogP contribution < -0.4 is 0 Å². The summed E-state index contributed by atoms with van der Waals surface area (Å²) in [6, 6.07) is 27.0. The Labute approximate surface area is 254 Å². The first-order valence-electron chi connectivity index (χ1n) is 14.7. The van der Waals surface area contributed by atoms with Gasteiger partial charge in [-0.1, -0.05) is 66.7 Å². The number of aryl methyl sites for hydroxylation is 1. The first-order chi connectivity index (χ1) is 21.2. The molecule has 3 aliphatic rings. The van der Waals surface area contributed by atoms with Crippen molar-refractivity contribution in [1.29, 1.82) is 0 Å². The predicted molar refractivity (Wildman–Crippen MR) is 168 cm³/mol. The number of aliphatic imine (C=N–C) groups is 1. The van der Waals surface area contributed by atoms with Gasteiger partial charge in [0.05, 0.1) is 33.7 Å². The van der Waals surface area contributed by atoms with Crippen LogP contribution in [0.2, 0.25) is 0 Å². The highest BCUT2D eigenvalue weighted by atomic mass is 16.3. The molecule has 0 bridgehead atoms. The van der Waals surface area contributed by atoms with Gasteiger partial charge in [-0.3, -0.25) is 14.5 Å². The highest BCUT2D eigenvalue weighted by Crippen LogP contribution is 2.54. The van der Waals surface area contributed by atoms with Crippen molar-refractivity contribution in [1.82, 2.24) is 19.5 Å². The fourth-order valence-corrected chi connectivity index (χ4v) is 7.10. The monoisotopic (exact) mass is 579 g/mol. The van der Waals surface area contributed by atoms with Crippen LogP contribution in [0.4, 0.5) is 5.82 Å². The number of imide groups is 1. The minimum Gasteiger partial charge on any atom is -0.390 e. The Balaban J connectivity index is 1.22. The average Bonchev–Trinajstić information content (AvgIpc) is 3.43. The third-order valence-corrected chi connectivity index (χ3v) is 9.00. The second-order valence-corrected chi connectivity index (χ2v) is 12.3. The molecule has 0 unspecified atom stereocenters. The lowest BCUT2D eigenvalue weighted by atomic mass is 9.61. The van der Waals surface area contributed by atoms with Gasteiger partial charge in [-0.2, -0.15) is 9.61 Å². The van der Waals surface area contributed by atoms with Crippen LogP contribution in [0.25, 0.3) is 17.3 Å². The summed E-state index contributed by atoms with van der Waals surface area (Å²) in [6.07, 6.45) is 5.09. The lowest BCUT2D eigenvalue weighted by Crippen LogP contribution is -2.63. The minimum absolute atomic E-state index is 0.268. The van der Waals surface area contributed by atoms with Crippen LogP contribution in [0, 0.1) is 6.92 Å². The predicted octanol–water partition coefficient (Wildman–Crippen LogP) is 6.14. The molecule has 0 atom stereocenters. The number of allylic oxidation sites excluding steroid dienone is 1. The Kier molecular flexibility index (Phi) is 5.64. The lowest BCUT2D eigenvalue weighted by Gasteiger charge is -2.55. The number of carbonyl (C=O) groups excluding carboxylic acids is 2. The van der Waals surface area contributed by atoms with Gasteiger partial charge in [-0.15, -0.1) is 0 Å². The van der Waals surface area contributed by atoms with Crippen LogP contribution in [-0.2, 0) is 5.54 Å². The molecule has 8 heteroatoms. The second-order valence-electron chi connectivity index (χ2n) is 12.3. The molecule has 2 aromatic heterocycles. The van der Waals surface area contributed by atoms with Crippen LogP contribution in [0.5, 0.6) is 0 Å². The summed E-state index contributed by atoms with van der Waals surface area (Å²) in [7, 11) is 0. The first-order valence-corrected chi connectivity index (χ1v) is 14.7. The van der Waals surface area contributed by atoms with Gasteiger partial charge in [0.15, 0.2) is 11.5 Å². The SMILES string of the molecule is Cc1cc2ncc3c(n2n1)N=C(c1ccc(C2(N4C(=O)c5ccccc5C4=O)CC(C)(O)C2)cc1)CC(c1ccccc1)=C3. The fraction of sp³-hybridized carbons (Fsp3) is 0.194. The van der Waals surface area contributed by atoms with Crippen LogP contribution >= 0.6 is 0 Å². The van der Waals surface area contributed by atoms with Gasteiger partial charge in [0, 0.05) is 37.1 Å². The molecule has 8 rings (SSSR count). The molecule has 0 saturated heterocycles. The molecular weight excluding hydrogens is 550 g/mol. The Morgan fingerprint density at radius 3 is 2.16 bits per heavy atom. The fourth-order valence-electron chi connectivity index (χ4n) is 7.10. The van der Waals surface area contributed by atoms with E-state index < -0.39 is 11.1 Å². The van der Waals surface area contributed by atoms with Crippen molar-refractivity contribution in [3.05, 3.63) is 130 Å². The summed E-state index contributed by atoms with van der Waals surface area (Å²) < 4.78 is 1.79. The topological polar surface area (TPSA) is 100 Å². The molecule has 1 aliphatic carbocycles. The zero-order valence-corrected chi connectivity index (χ0v) is 24.4. The molecule has 3 aromatic carbocycles. The quantitative estimate of drug-likeness (QED) is 0.258. The summed E-state index contributed by atoms with van der Waals surface area (Å²) in [4.78, 5) is 38.3. The van der Waals surface area contributed by atoms with Crippen molar-refractivity contribution in [3.8, 4) is 0 Å². The van der Waals surface area contributed by atoms with E-state index in [-0.39, 0.29) is 24.7 Å². The van der Waals surface area contributed by atoms with Crippen LogP contribution in [0.15, 0.2) is 96.1 Å². The number of aliphatic hydroxyl groups is 1. The van der Waals surface area contributed by atoms with E-state index in [9.17, 15) is 14.7 Å². The van der Waals surface area contributed by atoms with Gasteiger partial charge in [0.2, 0.25) is 0 Å². The van der Waals surface area contributed by atoms with Crippen LogP contribution in [-0.4, -0.2) is 47.7 Å². The number of amides is 2. The Morgan fingerprint density at radius 1 is 0.841 bits per heavy atom. The Hall–Kier alpha value is -5.21. The molecule has 1 fully saturated rings. The highest BCUT2D eigenvalue weighted by Gasteiger charge is 2.60. The van der Waals surface area contributed by atoms with Crippen molar-refractivity contribution in [2.24, 2.45) is 4.99 Å². The third kappa shape index (κ3) is 3.98. The van der Waals surface area contributed by atoms with E-state index in [2.05, 4.69) is 28.3 Å². The normalized spacial score (nSPS) is 22.7. The molecule has 1 N–H and O–H groups in total. The molecule has 216 valence electrons. The van der Waals surface area contributed by atoms with Gasteiger partial charge < -0.3 is 5.11 Å². The molecule has 0 spiro atoms. The zero-order chi connectivity index (χ0) is 30.2. The molecule has 5 aromatic rings. The molecule has 1 saturated carbocycles. The van der Waals surface area contributed by atoms with Gasteiger partial charge in [-0.25, -0.2) is 9.98 Å². The second kappa shape index (κ2) is 9.39. The molecular formula is C36H29N5O3. The molecule has 0 radical (unpaired) electrons. The van der Waals surface area contributed by atoms with Gasteiger partial charge in [-0.05, 0) is 54.3 Å². The molecule has 2 amide bonds. The van der Waals surface area contributed by atoms with Crippen molar-refractivity contribution in [3.63, 3.8) is 0 Å². The number of hydrogen-bond acceptors (Lipinski definition) is 6. The summed E-state index contributed by atoms with van der Waals surface area (Å²) in [5, 5.41) is 15.6. The largest absolute Gasteiger partial charge is 0.390 e. The number of benzene rings is 3. The number of rotatable bonds is 4. The lowest BCUT2D eigenvalue weighted by molar-refractivity contribution is -0.118. The summed E-state index contributed by atoms with van der Waals surface area (Å²) in [5.74, 6) is 0.0741. The number of carbonyl (C=O) groups is 2. The maximum atomic E-state index is 13.6. The smallest absolute Gasteiger partial charge is 0.262 e. The van der Waals surface area contributed by atoms with Gasteiger partial charge in [0.1, 0.15) is 0 Å². The molecule has 8 nitrogen and oxygen atoms in total. The molecule has 44 heavy (non-hydrogen) atoms. The number of aromatic nitrogens is 3. The van der Waals surface area contributed by atoms with Crippen molar-refractivity contribution >= 4 is 40.6 Å². The highest BCUT2D eigenvalue weighted by molar-refractivity contribution is 6.22. The van der Waals surface area contributed by atoms with Crippen molar-refractivity contribution < 1.29 is 14.7 Å². The van der Waals surface area contributed by atoms with E-state index in [1.165, 1.54) is 4.90 Å². The Bertz CT molecular complexity index is 2030. The van der Waals surface area contributed by atoms with E-state index in [4.69, 9.17) is 4.99 Å². The van der Waals surface area contributed by atoms with Crippen molar-refractivity contribution in [2.75, 3.05) is 0 Å². The summed E-state index contributed by atoms with van der Waals surface area (Å²) >= 11 is 0. The van der Waals surface area contributed by atoms with Crippen molar-refractivity contribution in [2.45, 2.75) is 44.2 Å². The number of hydrogen-bond donors (Lipinski definition) is 1. The maximum Gasteiger partial charge on any atom is 0.262 e. The number of nitrogens with zero attached hydrogens (tertiary/aromatic N) is 5. The van der Waals surface area contributed by atoms with Gasteiger partial charge in [0.25, 0.3) is 11.8 Å².